The van der Waals surface area contributed by atoms with Crippen molar-refractivity contribution >= 4 is 9.84 Å². The molecule has 0 spiro atoms. The van der Waals surface area contributed by atoms with Gasteiger partial charge in [-0.25, -0.2) is 8.42 Å². The van der Waals surface area contributed by atoms with E-state index in [0.29, 0.717) is 11.7 Å². The highest BCUT2D eigenvalue weighted by atomic mass is 32.2. The largest absolute Gasteiger partial charge is 0.312 e. The summed E-state index contributed by atoms with van der Waals surface area (Å²) < 4.78 is 24.7. The van der Waals surface area contributed by atoms with E-state index >= 15 is 0 Å². The maximum Gasteiger partial charge on any atom is 0.155 e. The highest BCUT2D eigenvalue weighted by molar-refractivity contribution is 7.92. The second-order valence-electron chi connectivity index (χ2n) is 6.51. The molecule has 0 saturated carbocycles. The molecule has 1 heterocycles. The molecule has 3 nitrogen and oxygen atoms in total. The molecule has 2 unspecified atom stereocenters. The van der Waals surface area contributed by atoms with Crippen molar-refractivity contribution in [3.63, 3.8) is 0 Å². The molecule has 2 rings (SSSR count). The lowest BCUT2D eigenvalue weighted by Gasteiger charge is -2.30. The molecular formula is C17H27NO2S. The summed E-state index contributed by atoms with van der Waals surface area (Å²) in [6.07, 6.45) is 3.64. The first-order valence-electron chi connectivity index (χ1n) is 7.91. The van der Waals surface area contributed by atoms with Gasteiger partial charge >= 0.3 is 0 Å². The molecule has 0 radical (unpaired) electrons. The van der Waals surface area contributed by atoms with Crippen LogP contribution < -0.4 is 5.32 Å². The lowest BCUT2D eigenvalue weighted by molar-refractivity contribution is 0.469. The Morgan fingerprint density at radius 2 is 1.86 bits per heavy atom. The van der Waals surface area contributed by atoms with Crippen LogP contribution >= 0.6 is 0 Å². The highest BCUT2D eigenvalue weighted by Crippen LogP contribution is 2.30. The monoisotopic (exact) mass is 309 g/mol. The third kappa shape index (κ3) is 4.07. The minimum atomic E-state index is -2.97. The fourth-order valence-corrected chi connectivity index (χ4v) is 5.40. The molecule has 1 aliphatic heterocycles. The van der Waals surface area contributed by atoms with Crippen molar-refractivity contribution in [1.29, 1.82) is 0 Å². The Morgan fingerprint density at radius 1 is 1.19 bits per heavy atom. The van der Waals surface area contributed by atoms with E-state index in [2.05, 4.69) is 43.4 Å². The average Bonchev–Trinajstić information content (AvgIpc) is 2.42. The Kier molecular flexibility index (Phi) is 5.44. The third-order valence-corrected chi connectivity index (χ3v) is 6.58. The maximum absolute atomic E-state index is 12.3. The summed E-state index contributed by atoms with van der Waals surface area (Å²) in [5.74, 6) is 0.969. The smallest absolute Gasteiger partial charge is 0.155 e. The van der Waals surface area contributed by atoms with Gasteiger partial charge in [0.05, 0.1) is 11.0 Å². The van der Waals surface area contributed by atoms with Crippen molar-refractivity contribution in [2.75, 3.05) is 12.8 Å². The zero-order valence-electron chi connectivity index (χ0n) is 13.3. The molecule has 0 amide bonds. The molecule has 1 saturated heterocycles. The number of benzene rings is 1. The van der Waals surface area contributed by atoms with Gasteiger partial charge in [-0.3, -0.25) is 0 Å². The molecule has 21 heavy (non-hydrogen) atoms. The van der Waals surface area contributed by atoms with Crippen molar-refractivity contribution in [1.82, 2.24) is 5.32 Å². The standard InChI is InChI=1S/C17H27NO2S/c1-13(2)12-14-7-9-15(10-8-14)17(18-3)16-6-4-5-11-21(16,19)20/h7-10,13,16-18H,4-6,11-12H2,1-3H3. The number of hydrogen-bond donors (Lipinski definition) is 1. The van der Waals surface area contributed by atoms with E-state index in [1.807, 2.05) is 7.05 Å². The van der Waals surface area contributed by atoms with Crippen LogP contribution in [0.5, 0.6) is 0 Å². The summed E-state index contributed by atoms with van der Waals surface area (Å²) in [4.78, 5) is 0. The van der Waals surface area contributed by atoms with Crippen molar-refractivity contribution in [2.24, 2.45) is 5.92 Å². The van der Waals surface area contributed by atoms with Gasteiger partial charge < -0.3 is 5.32 Å². The van der Waals surface area contributed by atoms with Crippen molar-refractivity contribution in [2.45, 2.75) is 50.8 Å². The normalized spacial score (nSPS) is 23.1. The fourth-order valence-electron chi connectivity index (χ4n) is 3.25. The molecule has 1 aliphatic rings. The zero-order chi connectivity index (χ0) is 15.5. The van der Waals surface area contributed by atoms with E-state index < -0.39 is 9.84 Å². The van der Waals surface area contributed by atoms with Crippen LogP contribution in [0.25, 0.3) is 0 Å². The summed E-state index contributed by atoms with van der Waals surface area (Å²) in [6, 6.07) is 8.35. The van der Waals surface area contributed by atoms with E-state index in [4.69, 9.17) is 0 Å². The minimum Gasteiger partial charge on any atom is -0.312 e. The lowest BCUT2D eigenvalue weighted by Crippen LogP contribution is -2.39. The SMILES string of the molecule is CNC(c1ccc(CC(C)C)cc1)C1CCCCS1(=O)=O. The Labute approximate surface area is 129 Å². The molecule has 1 fully saturated rings. The van der Waals surface area contributed by atoms with E-state index in [0.717, 1.165) is 31.2 Å². The fraction of sp³-hybridized carbons (Fsp3) is 0.647. The Morgan fingerprint density at radius 3 is 2.38 bits per heavy atom. The van der Waals surface area contributed by atoms with Crippen molar-refractivity contribution < 1.29 is 8.42 Å². The van der Waals surface area contributed by atoms with Crippen LogP contribution in [0.15, 0.2) is 24.3 Å². The first kappa shape index (κ1) is 16.5. The molecule has 118 valence electrons. The van der Waals surface area contributed by atoms with E-state index in [9.17, 15) is 8.42 Å². The quantitative estimate of drug-likeness (QED) is 0.909. The van der Waals surface area contributed by atoms with E-state index in [1.54, 1.807) is 0 Å². The van der Waals surface area contributed by atoms with Crippen LogP contribution in [-0.2, 0) is 16.3 Å². The van der Waals surface area contributed by atoms with Gasteiger partial charge in [0.2, 0.25) is 0 Å². The number of nitrogens with one attached hydrogen (secondary N) is 1. The van der Waals surface area contributed by atoms with Crippen LogP contribution in [0, 0.1) is 5.92 Å². The maximum atomic E-state index is 12.3. The van der Waals surface area contributed by atoms with Gasteiger partial charge in [-0.1, -0.05) is 44.5 Å². The van der Waals surface area contributed by atoms with Gasteiger partial charge in [0.15, 0.2) is 9.84 Å². The first-order valence-corrected chi connectivity index (χ1v) is 9.63. The molecule has 2 atom stereocenters. The van der Waals surface area contributed by atoms with Gasteiger partial charge in [-0.2, -0.15) is 0 Å². The Hall–Kier alpha value is -0.870. The molecule has 4 heteroatoms. The van der Waals surface area contributed by atoms with Gasteiger partial charge in [-0.05, 0) is 43.4 Å². The molecule has 1 N–H and O–H groups in total. The van der Waals surface area contributed by atoms with Gasteiger partial charge in [0, 0.05) is 6.04 Å². The molecule has 0 aromatic heterocycles. The molecular weight excluding hydrogens is 282 g/mol. The van der Waals surface area contributed by atoms with Gasteiger partial charge in [0.25, 0.3) is 0 Å². The molecule has 0 bridgehead atoms. The predicted octanol–water partition coefficient (Wildman–Crippen LogP) is 3.11. The zero-order valence-corrected chi connectivity index (χ0v) is 14.1. The number of rotatable bonds is 5. The van der Waals surface area contributed by atoms with Crippen LogP contribution in [0.4, 0.5) is 0 Å². The lowest BCUT2D eigenvalue weighted by atomic mass is 9.96. The first-order chi connectivity index (χ1) is 9.94. The highest BCUT2D eigenvalue weighted by Gasteiger charge is 2.35. The van der Waals surface area contributed by atoms with Gasteiger partial charge in [0.1, 0.15) is 0 Å². The second kappa shape index (κ2) is 6.93. The van der Waals surface area contributed by atoms with Gasteiger partial charge in [-0.15, -0.1) is 0 Å². The average molecular weight is 309 g/mol. The van der Waals surface area contributed by atoms with Crippen LogP contribution in [0.1, 0.15) is 50.3 Å². The summed E-state index contributed by atoms with van der Waals surface area (Å²) in [7, 11) is -1.12. The Bertz CT molecular complexity index is 549. The van der Waals surface area contributed by atoms with Crippen molar-refractivity contribution in [3.8, 4) is 0 Å². The van der Waals surface area contributed by atoms with E-state index in [1.165, 1.54) is 5.56 Å². The molecule has 0 aliphatic carbocycles. The summed E-state index contributed by atoms with van der Waals surface area (Å²) in [6.45, 7) is 4.41. The molecule has 1 aromatic carbocycles. The number of sulfone groups is 1. The predicted molar refractivity (Wildman–Crippen MR) is 88.2 cm³/mol. The van der Waals surface area contributed by atoms with Crippen molar-refractivity contribution in [3.05, 3.63) is 35.4 Å². The minimum absolute atomic E-state index is 0.0941. The molecule has 1 aromatic rings. The topological polar surface area (TPSA) is 46.2 Å². The van der Waals surface area contributed by atoms with Crippen LogP contribution in [0.3, 0.4) is 0 Å². The number of hydrogen-bond acceptors (Lipinski definition) is 3. The van der Waals surface area contributed by atoms with Crippen LogP contribution in [-0.4, -0.2) is 26.5 Å². The summed E-state index contributed by atoms with van der Waals surface area (Å²) in [5, 5.41) is 2.94. The Balaban J connectivity index is 2.21. The summed E-state index contributed by atoms with van der Waals surface area (Å²) >= 11 is 0. The third-order valence-electron chi connectivity index (χ3n) is 4.29. The van der Waals surface area contributed by atoms with Crippen LogP contribution in [0.2, 0.25) is 0 Å². The summed E-state index contributed by atoms with van der Waals surface area (Å²) in [5.41, 5.74) is 2.40. The van der Waals surface area contributed by atoms with E-state index in [-0.39, 0.29) is 11.3 Å². The second-order valence-corrected chi connectivity index (χ2v) is 8.85.